The molecule has 3 N–H and O–H groups in total. The number of rotatable bonds is 6. The van der Waals surface area contributed by atoms with Crippen LogP contribution in [-0.2, 0) is 11.3 Å². The number of aliphatic hydroxyl groups is 1. The molecular formula is C24H31BrN6O2S. The van der Waals surface area contributed by atoms with Crippen LogP contribution in [0.5, 0.6) is 0 Å². The van der Waals surface area contributed by atoms with Gasteiger partial charge >= 0.3 is 0 Å². The monoisotopic (exact) mass is 546 g/mol. The standard InChI is InChI=1S/C24H31BrN6O2S/c1-14-11-31(12-15(2)33-14)13-18-10-22(29-23(27-18)26-17-4-6-19(32)7-5-17)30-24-28-20-8-3-16(25)9-21(20)34-24/h3,8-10,14-15,17,19,32H,4-7,11-13H2,1-2H3,(H2,26,27,28,29,30)/t14-,15+,17-,19-. The number of hydrogen-bond donors (Lipinski definition) is 3. The summed E-state index contributed by atoms with van der Waals surface area (Å²) in [6, 6.07) is 8.38. The summed E-state index contributed by atoms with van der Waals surface area (Å²) in [5, 5.41) is 17.6. The van der Waals surface area contributed by atoms with E-state index in [2.05, 4.69) is 51.4 Å². The highest BCUT2D eigenvalue weighted by Gasteiger charge is 2.24. The third kappa shape index (κ3) is 6.04. The zero-order valence-electron chi connectivity index (χ0n) is 19.5. The lowest BCUT2D eigenvalue weighted by atomic mass is 9.93. The molecule has 1 aliphatic heterocycles. The number of anilines is 3. The van der Waals surface area contributed by atoms with Crippen molar-refractivity contribution >= 4 is 54.4 Å². The van der Waals surface area contributed by atoms with Gasteiger partial charge in [-0.2, -0.15) is 4.98 Å². The first-order chi connectivity index (χ1) is 16.4. The van der Waals surface area contributed by atoms with Crippen LogP contribution >= 0.6 is 27.3 Å². The number of halogens is 1. The number of nitrogens with zero attached hydrogens (tertiary/aromatic N) is 4. The molecule has 8 nitrogen and oxygen atoms in total. The van der Waals surface area contributed by atoms with Crippen LogP contribution in [0.3, 0.4) is 0 Å². The van der Waals surface area contributed by atoms with Gasteiger partial charge in [-0.15, -0.1) is 0 Å². The number of thiazole rings is 1. The van der Waals surface area contributed by atoms with Crippen molar-refractivity contribution in [3.05, 3.63) is 34.4 Å². The van der Waals surface area contributed by atoms with E-state index >= 15 is 0 Å². The summed E-state index contributed by atoms with van der Waals surface area (Å²) in [6.45, 7) is 6.73. The van der Waals surface area contributed by atoms with Crippen molar-refractivity contribution in [1.82, 2.24) is 19.9 Å². The minimum Gasteiger partial charge on any atom is -0.393 e. The van der Waals surface area contributed by atoms with Crippen LogP contribution in [0, 0.1) is 0 Å². The van der Waals surface area contributed by atoms with E-state index < -0.39 is 0 Å². The lowest BCUT2D eigenvalue weighted by Gasteiger charge is -2.35. The summed E-state index contributed by atoms with van der Waals surface area (Å²) >= 11 is 5.14. The minimum atomic E-state index is -0.188. The van der Waals surface area contributed by atoms with Gasteiger partial charge in [-0.25, -0.2) is 9.97 Å². The molecule has 34 heavy (non-hydrogen) atoms. The molecule has 2 atom stereocenters. The summed E-state index contributed by atoms with van der Waals surface area (Å²) in [7, 11) is 0. The first-order valence-corrected chi connectivity index (χ1v) is 13.5. The number of ether oxygens (including phenoxy) is 1. The Labute approximate surface area is 212 Å². The Morgan fingerprint density at radius 1 is 1.09 bits per heavy atom. The van der Waals surface area contributed by atoms with Crippen molar-refractivity contribution in [3.63, 3.8) is 0 Å². The number of nitrogens with one attached hydrogen (secondary N) is 2. The Balaban J connectivity index is 1.38. The Bertz CT molecular complexity index is 1130. The summed E-state index contributed by atoms with van der Waals surface area (Å²) < 4.78 is 8.05. The molecule has 0 radical (unpaired) electrons. The van der Waals surface area contributed by atoms with Crippen molar-refractivity contribution in [2.24, 2.45) is 0 Å². The maximum atomic E-state index is 9.85. The van der Waals surface area contributed by atoms with Gasteiger partial charge in [-0.05, 0) is 57.7 Å². The molecule has 1 aromatic carbocycles. The molecule has 0 spiro atoms. The zero-order valence-corrected chi connectivity index (χ0v) is 21.9. The molecule has 1 saturated carbocycles. The molecule has 0 unspecified atom stereocenters. The van der Waals surface area contributed by atoms with Crippen LogP contribution in [0.2, 0.25) is 0 Å². The van der Waals surface area contributed by atoms with Gasteiger partial charge in [0, 0.05) is 36.2 Å². The van der Waals surface area contributed by atoms with E-state index in [-0.39, 0.29) is 24.4 Å². The first kappa shape index (κ1) is 23.9. The van der Waals surface area contributed by atoms with Crippen LogP contribution < -0.4 is 10.6 Å². The summed E-state index contributed by atoms with van der Waals surface area (Å²) in [5.74, 6) is 1.36. The largest absolute Gasteiger partial charge is 0.393 e. The molecule has 10 heteroatoms. The zero-order chi connectivity index (χ0) is 23.7. The predicted molar refractivity (Wildman–Crippen MR) is 140 cm³/mol. The number of aromatic nitrogens is 3. The number of fused-ring (bicyclic) bond motifs is 1. The Morgan fingerprint density at radius 2 is 1.85 bits per heavy atom. The molecule has 182 valence electrons. The minimum absolute atomic E-state index is 0.188. The van der Waals surface area contributed by atoms with E-state index in [1.165, 1.54) is 0 Å². The van der Waals surface area contributed by atoms with E-state index in [0.29, 0.717) is 5.95 Å². The Hall–Kier alpha value is -1.85. The number of benzene rings is 1. The van der Waals surface area contributed by atoms with E-state index in [0.717, 1.165) is 76.7 Å². The highest BCUT2D eigenvalue weighted by Crippen LogP contribution is 2.31. The van der Waals surface area contributed by atoms with Crippen molar-refractivity contribution in [1.29, 1.82) is 0 Å². The quantitative estimate of drug-likeness (QED) is 0.401. The van der Waals surface area contributed by atoms with Crippen LogP contribution in [0.25, 0.3) is 10.2 Å². The summed E-state index contributed by atoms with van der Waals surface area (Å²) in [6.07, 6.45) is 3.69. The number of morpholine rings is 1. The van der Waals surface area contributed by atoms with Crippen molar-refractivity contribution in [2.45, 2.75) is 70.4 Å². The van der Waals surface area contributed by atoms with E-state index in [1.807, 2.05) is 18.2 Å². The van der Waals surface area contributed by atoms with Gasteiger partial charge in [0.25, 0.3) is 0 Å². The van der Waals surface area contributed by atoms with Crippen molar-refractivity contribution < 1.29 is 9.84 Å². The van der Waals surface area contributed by atoms with E-state index in [4.69, 9.17) is 19.7 Å². The molecule has 2 aromatic heterocycles. The van der Waals surface area contributed by atoms with Crippen LogP contribution in [0.4, 0.5) is 16.9 Å². The number of aliphatic hydroxyl groups excluding tert-OH is 1. The fraction of sp³-hybridized carbons (Fsp3) is 0.542. The van der Waals surface area contributed by atoms with Crippen molar-refractivity contribution in [3.8, 4) is 0 Å². The lowest BCUT2D eigenvalue weighted by Crippen LogP contribution is -2.45. The van der Waals surface area contributed by atoms with Gasteiger partial charge in [-0.3, -0.25) is 4.90 Å². The topological polar surface area (TPSA) is 95.4 Å². The van der Waals surface area contributed by atoms with Gasteiger partial charge in [0.2, 0.25) is 5.95 Å². The Kier molecular flexibility index (Phi) is 7.31. The van der Waals surface area contributed by atoms with Crippen LogP contribution in [0.15, 0.2) is 28.7 Å². The second kappa shape index (κ2) is 10.4. The van der Waals surface area contributed by atoms with Gasteiger partial charge in [0.1, 0.15) is 5.82 Å². The number of hydrogen-bond acceptors (Lipinski definition) is 9. The van der Waals surface area contributed by atoms with Crippen LogP contribution in [0.1, 0.15) is 45.2 Å². The highest BCUT2D eigenvalue weighted by molar-refractivity contribution is 9.10. The molecule has 5 rings (SSSR count). The third-order valence-corrected chi connectivity index (χ3v) is 7.70. The molecule has 2 fully saturated rings. The molecule has 3 heterocycles. The Morgan fingerprint density at radius 3 is 2.62 bits per heavy atom. The normalized spacial score (nSPS) is 26.0. The first-order valence-electron chi connectivity index (χ1n) is 11.9. The SMILES string of the molecule is C[C@@H]1CN(Cc2cc(Nc3nc4ccc(Br)cc4s3)nc(N[C@H]3CC[C@H](O)CC3)n2)C[C@H](C)O1. The highest BCUT2D eigenvalue weighted by atomic mass is 79.9. The maximum Gasteiger partial charge on any atom is 0.225 e. The summed E-state index contributed by atoms with van der Waals surface area (Å²) in [5.41, 5.74) is 1.92. The molecule has 1 aliphatic carbocycles. The molecular weight excluding hydrogens is 516 g/mol. The van der Waals surface area contributed by atoms with Gasteiger partial charge in [0.15, 0.2) is 5.13 Å². The van der Waals surface area contributed by atoms with E-state index in [9.17, 15) is 5.11 Å². The average Bonchev–Trinajstić information content (AvgIpc) is 3.15. The van der Waals surface area contributed by atoms with Crippen molar-refractivity contribution in [2.75, 3.05) is 23.7 Å². The van der Waals surface area contributed by atoms with Gasteiger partial charge in [-0.1, -0.05) is 27.3 Å². The third-order valence-electron chi connectivity index (χ3n) is 6.28. The van der Waals surface area contributed by atoms with Gasteiger partial charge < -0.3 is 20.5 Å². The van der Waals surface area contributed by atoms with E-state index in [1.54, 1.807) is 11.3 Å². The molecule has 2 aliphatic rings. The molecule has 1 saturated heterocycles. The fourth-order valence-electron chi connectivity index (χ4n) is 4.81. The molecule has 0 bridgehead atoms. The smallest absolute Gasteiger partial charge is 0.225 e. The lowest BCUT2D eigenvalue weighted by molar-refractivity contribution is -0.0707. The van der Waals surface area contributed by atoms with Gasteiger partial charge in [0.05, 0.1) is 34.2 Å². The maximum absolute atomic E-state index is 9.85. The fourth-order valence-corrected chi connectivity index (χ4v) is 6.24. The van der Waals surface area contributed by atoms with Crippen LogP contribution in [-0.4, -0.2) is 62.4 Å². The predicted octanol–water partition coefficient (Wildman–Crippen LogP) is 4.92. The second-order valence-corrected chi connectivity index (χ2v) is 11.4. The average molecular weight is 548 g/mol. The molecule has 0 amide bonds. The second-order valence-electron chi connectivity index (χ2n) is 9.43. The molecule has 3 aromatic rings. The summed E-state index contributed by atoms with van der Waals surface area (Å²) in [4.78, 5) is 16.7.